The second-order valence-electron chi connectivity index (χ2n) is 3.72. The Kier molecular flexibility index (Phi) is 1.85. The van der Waals surface area contributed by atoms with Gasteiger partial charge >= 0.3 is 0 Å². The Labute approximate surface area is 91.1 Å². The van der Waals surface area contributed by atoms with Crippen molar-refractivity contribution in [3.63, 3.8) is 0 Å². The van der Waals surface area contributed by atoms with Crippen molar-refractivity contribution in [2.45, 2.75) is 18.6 Å². The van der Waals surface area contributed by atoms with E-state index in [1.165, 1.54) is 0 Å². The van der Waals surface area contributed by atoms with Crippen molar-refractivity contribution in [3.8, 4) is 0 Å². The van der Waals surface area contributed by atoms with Crippen LogP contribution in [0.15, 0.2) is 28.2 Å². The number of rotatable bonds is 0. The first-order chi connectivity index (χ1) is 7.25. The van der Waals surface area contributed by atoms with Crippen LogP contribution in [0.1, 0.15) is 5.56 Å². The van der Waals surface area contributed by atoms with Gasteiger partial charge in [-0.05, 0) is 19.1 Å². The van der Waals surface area contributed by atoms with E-state index in [-0.39, 0.29) is 5.56 Å². The van der Waals surface area contributed by atoms with Crippen LogP contribution < -0.4 is 5.56 Å². The van der Waals surface area contributed by atoms with Crippen molar-refractivity contribution >= 4 is 22.7 Å². The minimum Gasteiger partial charge on any atom is -0.319 e. The maximum absolute atomic E-state index is 11.8. The third-order valence-electron chi connectivity index (χ3n) is 2.65. The third kappa shape index (κ3) is 1.28. The number of aromatic nitrogens is 2. The van der Waals surface area contributed by atoms with Gasteiger partial charge in [0.2, 0.25) is 0 Å². The lowest BCUT2D eigenvalue weighted by Crippen LogP contribution is -2.13. The Morgan fingerprint density at radius 2 is 2.33 bits per heavy atom. The fourth-order valence-electron chi connectivity index (χ4n) is 1.92. The molecule has 0 N–H and O–H groups in total. The van der Waals surface area contributed by atoms with Crippen LogP contribution in [-0.2, 0) is 6.54 Å². The zero-order chi connectivity index (χ0) is 10.4. The second-order valence-corrected chi connectivity index (χ2v) is 4.78. The third-order valence-corrected chi connectivity index (χ3v) is 3.60. The zero-order valence-corrected chi connectivity index (χ0v) is 9.17. The molecule has 1 aromatic carbocycles. The monoisotopic (exact) mass is 218 g/mol. The van der Waals surface area contributed by atoms with E-state index < -0.39 is 0 Å². The molecule has 4 heteroatoms. The van der Waals surface area contributed by atoms with Gasteiger partial charge in [0.1, 0.15) is 0 Å². The molecule has 15 heavy (non-hydrogen) atoms. The molecule has 0 radical (unpaired) electrons. The van der Waals surface area contributed by atoms with E-state index in [1.54, 1.807) is 11.8 Å². The molecule has 1 aliphatic heterocycles. The highest BCUT2D eigenvalue weighted by Gasteiger charge is 2.15. The molecule has 1 aromatic heterocycles. The average Bonchev–Trinajstić information content (AvgIpc) is 2.66. The van der Waals surface area contributed by atoms with Crippen LogP contribution in [0.3, 0.4) is 0 Å². The molecule has 0 unspecified atom stereocenters. The van der Waals surface area contributed by atoms with Crippen LogP contribution in [-0.4, -0.2) is 15.3 Å². The number of hydrogen-bond donors (Lipinski definition) is 0. The number of aryl methyl sites for hydroxylation is 2. The van der Waals surface area contributed by atoms with E-state index in [9.17, 15) is 4.79 Å². The standard InChI is InChI=1S/C11H10N2OS/c1-7-2-3-9-8(6-7)10(14)12-11-13(9)4-5-15-11/h2-3,6H,4-5H2,1H3. The molecule has 2 heterocycles. The molecule has 0 bridgehead atoms. The van der Waals surface area contributed by atoms with Crippen LogP contribution in [0, 0.1) is 6.92 Å². The summed E-state index contributed by atoms with van der Waals surface area (Å²) < 4.78 is 2.13. The van der Waals surface area contributed by atoms with E-state index in [0.29, 0.717) is 0 Å². The highest BCUT2D eigenvalue weighted by Crippen LogP contribution is 2.26. The summed E-state index contributed by atoms with van der Waals surface area (Å²) in [6.07, 6.45) is 0. The summed E-state index contributed by atoms with van der Waals surface area (Å²) in [7, 11) is 0. The zero-order valence-electron chi connectivity index (χ0n) is 8.36. The first-order valence-corrected chi connectivity index (χ1v) is 5.88. The van der Waals surface area contributed by atoms with Crippen molar-refractivity contribution in [2.75, 3.05) is 5.75 Å². The lowest BCUT2D eigenvalue weighted by atomic mass is 10.1. The predicted molar refractivity (Wildman–Crippen MR) is 61.5 cm³/mol. The summed E-state index contributed by atoms with van der Waals surface area (Å²) in [4.78, 5) is 15.8. The van der Waals surface area contributed by atoms with Crippen molar-refractivity contribution in [1.29, 1.82) is 0 Å². The summed E-state index contributed by atoms with van der Waals surface area (Å²) in [6, 6.07) is 5.97. The highest BCUT2D eigenvalue weighted by atomic mass is 32.2. The van der Waals surface area contributed by atoms with E-state index in [2.05, 4.69) is 9.55 Å². The van der Waals surface area contributed by atoms with Gasteiger partial charge in [-0.1, -0.05) is 23.4 Å². The van der Waals surface area contributed by atoms with Crippen molar-refractivity contribution in [3.05, 3.63) is 34.1 Å². The molecule has 0 saturated carbocycles. The summed E-state index contributed by atoms with van der Waals surface area (Å²) in [6.45, 7) is 2.94. The lowest BCUT2D eigenvalue weighted by Gasteiger charge is -2.06. The van der Waals surface area contributed by atoms with Gasteiger partial charge in [-0.2, -0.15) is 4.98 Å². The predicted octanol–water partition coefficient (Wildman–Crippen LogP) is 1.81. The maximum Gasteiger partial charge on any atom is 0.281 e. The molecule has 0 spiro atoms. The molecular weight excluding hydrogens is 208 g/mol. The van der Waals surface area contributed by atoms with Gasteiger partial charge in [-0.3, -0.25) is 4.79 Å². The van der Waals surface area contributed by atoms with E-state index in [4.69, 9.17) is 0 Å². The lowest BCUT2D eigenvalue weighted by molar-refractivity contribution is 0.709. The average molecular weight is 218 g/mol. The minimum absolute atomic E-state index is 0.102. The number of benzene rings is 1. The largest absolute Gasteiger partial charge is 0.319 e. The highest BCUT2D eigenvalue weighted by molar-refractivity contribution is 7.99. The molecular formula is C11H10N2OS. The molecule has 0 fully saturated rings. The molecule has 0 aliphatic carbocycles. The smallest absolute Gasteiger partial charge is 0.281 e. The minimum atomic E-state index is -0.102. The molecule has 0 saturated heterocycles. The Bertz CT molecular complexity index is 603. The van der Waals surface area contributed by atoms with E-state index >= 15 is 0 Å². The van der Waals surface area contributed by atoms with Gasteiger partial charge in [0, 0.05) is 12.3 Å². The molecule has 3 rings (SSSR count). The van der Waals surface area contributed by atoms with Gasteiger partial charge in [0.05, 0.1) is 10.9 Å². The topological polar surface area (TPSA) is 34.9 Å². The quantitative estimate of drug-likeness (QED) is 0.632. The van der Waals surface area contributed by atoms with E-state index in [1.807, 2.05) is 25.1 Å². The normalized spacial score (nSPS) is 14.5. The molecule has 1 aliphatic rings. The van der Waals surface area contributed by atoms with Gasteiger partial charge in [-0.25, -0.2) is 0 Å². The Hall–Kier alpha value is -1.29. The Balaban J connectivity index is 2.50. The molecule has 76 valence electrons. The molecule has 3 nitrogen and oxygen atoms in total. The van der Waals surface area contributed by atoms with Crippen molar-refractivity contribution < 1.29 is 0 Å². The SMILES string of the molecule is Cc1ccc2c(c1)c(=O)nc1n2CCS1. The van der Waals surface area contributed by atoms with Gasteiger partial charge < -0.3 is 4.57 Å². The number of thioether (sulfide) groups is 1. The summed E-state index contributed by atoms with van der Waals surface area (Å²) in [5.74, 6) is 1.01. The summed E-state index contributed by atoms with van der Waals surface area (Å²) in [5.41, 5.74) is 2.02. The van der Waals surface area contributed by atoms with Crippen molar-refractivity contribution in [2.24, 2.45) is 0 Å². The number of nitrogens with zero attached hydrogens (tertiary/aromatic N) is 2. The van der Waals surface area contributed by atoms with Crippen LogP contribution in [0.25, 0.3) is 10.9 Å². The van der Waals surface area contributed by atoms with Crippen LogP contribution in [0.2, 0.25) is 0 Å². The second kappa shape index (κ2) is 3.10. The van der Waals surface area contributed by atoms with Crippen LogP contribution in [0.4, 0.5) is 0 Å². The Morgan fingerprint density at radius 3 is 3.20 bits per heavy atom. The van der Waals surface area contributed by atoms with Crippen LogP contribution in [0.5, 0.6) is 0 Å². The van der Waals surface area contributed by atoms with Gasteiger partial charge in [-0.15, -0.1) is 0 Å². The van der Waals surface area contributed by atoms with Crippen molar-refractivity contribution in [1.82, 2.24) is 9.55 Å². The van der Waals surface area contributed by atoms with Gasteiger partial charge in [0.25, 0.3) is 5.56 Å². The first-order valence-electron chi connectivity index (χ1n) is 4.90. The molecule has 2 aromatic rings. The first kappa shape index (κ1) is 8.97. The van der Waals surface area contributed by atoms with Crippen LogP contribution >= 0.6 is 11.8 Å². The summed E-state index contributed by atoms with van der Waals surface area (Å²) >= 11 is 1.65. The summed E-state index contributed by atoms with van der Waals surface area (Å²) in [5, 5.41) is 1.60. The Morgan fingerprint density at radius 1 is 1.47 bits per heavy atom. The molecule has 0 amide bonds. The number of hydrogen-bond acceptors (Lipinski definition) is 3. The fraction of sp³-hybridized carbons (Fsp3) is 0.273. The maximum atomic E-state index is 11.8. The molecule has 0 atom stereocenters. The van der Waals surface area contributed by atoms with Gasteiger partial charge in [0.15, 0.2) is 5.16 Å². The number of fused-ring (bicyclic) bond motifs is 3. The fourth-order valence-corrected chi connectivity index (χ4v) is 2.87. The van der Waals surface area contributed by atoms with E-state index in [0.717, 1.165) is 33.9 Å².